The van der Waals surface area contributed by atoms with Crippen LogP contribution in [0, 0.1) is 0 Å². The molecular formula is C10H14N2O3S. The first-order valence-electron chi connectivity index (χ1n) is 4.76. The van der Waals surface area contributed by atoms with Crippen LogP contribution in [0.25, 0.3) is 0 Å². The average molecular weight is 242 g/mol. The van der Waals surface area contributed by atoms with Gasteiger partial charge in [0.15, 0.2) is 9.84 Å². The topological polar surface area (TPSA) is 89.3 Å². The van der Waals surface area contributed by atoms with Crippen molar-refractivity contribution in [3.8, 4) is 0 Å². The van der Waals surface area contributed by atoms with Crippen LogP contribution in [-0.4, -0.2) is 27.1 Å². The number of nitrogen functional groups attached to an aromatic ring is 1. The Morgan fingerprint density at radius 3 is 2.50 bits per heavy atom. The average Bonchev–Trinajstić information content (AvgIpc) is 2.27. The molecule has 3 N–H and O–H groups in total. The summed E-state index contributed by atoms with van der Waals surface area (Å²) in [4.78, 5) is 11.4. The van der Waals surface area contributed by atoms with Gasteiger partial charge in [0, 0.05) is 12.6 Å². The monoisotopic (exact) mass is 242 g/mol. The fourth-order valence-electron chi connectivity index (χ4n) is 1.27. The van der Waals surface area contributed by atoms with E-state index in [1.54, 1.807) is 6.92 Å². The van der Waals surface area contributed by atoms with Crippen molar-refractivity contribution >= 4 is 21.4 Å². The van der Waals surface area contributed by atoms with Crippen molar-refractivity contribution in [3.05, 3.63) is 23.8 Å². The lowest BCUT2D eigenvalue weighted by molar-refractivity contribution is 0.0963. The Morgan fingerprint density at radius 2 is 2.06 bits per heavy atom. The zero-order valence-corrected chi connectivity index (χ0v) is 9.97. The Morgan fingerprint density at radius 1 is 1.44 bits per heavy atom. The highest BCUT2D eigenvalue weighted by atomic mass is 32.2. The highest BCUT2D eigenvalue weighted by Crippen LogP contribution is 2.20. The predicted molar refractivity (Wildman–Crippen MR) is 62.0 cm³/mol. The molecule has 0 saturated heterocycles. The van der Waals surface area contributed by atoms with Gasteiger partial charge >= 0.3 is 0 Å². The molecule has 16 heavy (non-hydrogen) atoms. The molecule has 0 fully saturated rings. The molecule has 0 aliphatic rings. The molecule has 5 nitrogen and oxygen atoms in total. The molecule has 0 aliphatic carbocycles. The fourth-order valence-corrected chi connectivity index (χ4v) is 2.28. The number of carbonyl (C=O) groups excluding carboxylic acids is 1. The Hall–Kier alpha value is -1.56. The first-order valence-corrected chi connectivity index (χ1v) is 6.42. The first kappa shape index (κ1) is 12.5. The van der Waals surface area contributed by atoms with Crippen molar-refractivity contribution < 1.29 is 13.2 Å². The van der Waals surface area contributed by atoms with E-state index >= 15 is 0 Å². The molecule has 0 radical (unpaired) electrons. The van der Waals surface area contributed by atoms with Gasteiger partial charge in [-0.3, -0.25) is 4.79 Å². The minimum atomic E-state index is -3.33. The highest BCUT2D eigenvalue weighted by Gasteiger charge is 2.16. The van der Waals surface area contributed by atoms with Gasteiger partial charge in [0.25, 0.3) is 5.91 Å². The van der Waals surface area contributed by atoms with Gasteiger partial charge < -0.3 is 11.1 Å². The molecule has 6 heteroatoms. The largest absolute Gasteiger partial charge is 0.398 e. The molecule has 1 aromatic rings. The van der Waals surface area contributed by atoms with Crippen LogP contribution in [0.3, 0.4) is 0 Å². The summed E-state index contributed by atoms with van der Waals surface area (Å²) >= 11 is 0. The van der Waals surface area contributed by atoms with Crippen LogP contribution in [0.4, 0.5) is 5.69 Å². The number of hydrogen-bond acceptors (Lipinski definition) is 4. The molecule has 0 spiro atoms. The second-order valence-corrected chi connectivity index (χ2v) is 5.48. The lowest BCUT2D eigenvalue weighted by Gasteiger charge is -2.07. The van der Waals surface area contributed by atoms with Gasteiger partial charge in [0.05, 0.1) is 16.3 Å². The summed E-state index contributed by atoms with van der Waals surface area (Å²) < 4.78 is 23.2. The van der Waals surface area contributed by atoms with E-state index in [0.717, 1.165) is 0 Å². The van der Waals surface area contributed by atoms with Crippen LogP contribution < -0.4 is 11.1 Å². The van der Waals surface area contributed by atoms with Gasteiger partial charge in [-0.1, -0.05) is 6.92 Å². The molecule has 0 unspecified atom stereocenters. The molecule has 0 heterocycles. The van der Waals surface area contributed by atoms with E-state index in [-0.39, 0.29) is 22.2 Å². The third kappa shape index (κ3) is 2.33. The summed E-state index contributed by atoms with van der Waals surface area (Å²) in [6.45, 7) is 1.54. The number of sulfone groups is 1. The van der Waals surface area contributed by atoms with E-state index in [1.807, 2.05) is 0 Å². The molecule has 1 amide bonds. The third-order valence-corrected chi connectivity index (χ3v) is 4.02. The van der Waals surface area contributed by atoms with E-state index in [1.165, 1.54) is 25.2 Å². The molecule has 0 saturated carbocycles. The van der Waals surface area contributed by atoms with E-state index < -0.39 is 9.84 Å². The summed E-state index contributed by atoms with van der Waals surface area (Å²) in [5, 5.41) is 2.44. The maximum atomic E-state index is 11.6. The van der Waals surface area contributed by atoms with Gasteiger partial charge in [-0.25, -0.2) is 8.42 Å². The van der Waals surface area contributed by atoms with Crippen molar-refractivity contribution in [2.75, 3.05) is 18.5 Å². The van der Waals surface area contributed by atoms with Gasteiger partial charge in [-0.05, 0) is 18.2 Å². The molecule has 1 rings (SSSR count). The van der Waals surface area contributed by atoms with Gasteiger partial charge in [0.1, 0.15) is 0 Å². The number of carbonyl (C=O) groups is 1. The molecule has 0 aliphatic heterocycles. The number of nitrogens with two attached hydrogens (primary N) is 1. The fraction of sp³-hybridized carbons (Fsp3) is 0.300. The van der Waals surface area contributed by atoms with Crippen molar-refractivity contribution in [3.63, 3.8) is 0 Å². The normalized spacial score (nSPS) is 11.1. The van der Waals surface area contributed by atoms with Gasteiger partial charge in [-0.2, -0.15) is 0 Å². The molecule has 88 valence electrons. The van der Waals surface area contributed by atoms with Crippen LogP contribution in [-0.2, 0) is 9.84 Å². The Kier molecular flexibility index (Phi) is 3.54. The number of nitrogens with one attached hydrogen (secondary N) is 1. The smallest absolute Gasteiger partial charge is 0.251 e. The minimum absolute atomic E-state index is 0.0173. The summed E-state index contributed by atoms with van der Waals surface area (Å²) in [6, 6.07) is 4.16. The van der Waals surface area contributed by atoms with E-state index in [2.05, 4.69) is 5.32 Å². The van der Waals surface area contributed by atoms with Crippen LogP contribution in [0.5, 0.6) is 0 Å². The summed E-state index contributed by atoms with van der Waals surface area (Å²) in [5.74, 6) is -0.316. The Bertz CT molecular complexity index is 509. The Balaban J connectivity index is 3.25. The van der Waals surface area contributed by atoms with Crippen molar-refractivity contribution in [2.24, 2.45) is 0 Å². The van der Waals surface area contributed by atoms with Crippen molar-refractivity contribution in [2.45, 2.75) is 11.8 Å². The molecular weight excluding hydrogens is 228 g/mol. The van der Waals surface area contributed by atoms with Crippen LogP contribution in [0.2, 0.25) is 0 Å². The van der Waals surface area contributed by atoms with Crippen LogP contribution in [0.15, 0.2) is 23.1 Å². The second kappa shape index (κ2) is 4.52. The minimum Gasteiger partial charge on any atom is -0.398 e. The quantitative estimate of drug-likeness (QED) is 0.752. The number of hydrogen-bond donors (Lipinski definition) is 2. The number of anilines is 1. The maximum Gasteiger partial charge on any atom is 0.251 e. The van der Waals surface area contributed by atoms with Crippen LogP contribution >= 0.6 is 0 Å². The second-order valence-electron chi connectivity index (χ2n) is 3.24. The van der Waals surface area contributed by atoms with Crippen molar-refractivity contribution in [1.82, 2.24) is 5.32 Å². The number of amides is 1. The number of rotatable bonds is 3. The van der Waals surface area contributed by atoms with Gasteiger partial charge in [0.2, 0.25) is 0 Å². The zero-order valence-electron chi connectivity index (χ0n) is 9.15. The van der Waals surface area contributed by atoms with Gasteiger partial charge in [-0.15, -0.1) is 0 Å². The van der Waals surface area contributed by atoms with Crippen LogP contribution in [0.1, 0.15) is 17.3 Å². The SMILES string of the molecule is CCS(=O)(=O)c1ccc(C(=O)NC)cc1N. The summed E-state index contributed by atoms with van der Waals surface area (Å²) in [6.07, 6.45) is 0. The molecule has 0 atom stereocenters. The molecule has 0 bridgehead atoms. The van der Waals surface area contributed by atoms with Crippen molar-refractivity contribution in [1.29, 1.82) is 0 Å². The highest BCUT2D eigenvalue weighted by molar-refractivity contribution is 7.91. The predicted octanol–water partition coefficient (Wildman–Crippen LogP) is 0.422. The summed E-state index contributed by atoms with van der Waals surface area (Å²) in [5.41, 5.74) is 6.06. The summed E-state index contributed by atoms with van der Waals surface area (Å²) in [7, 11) is -1.84. The maximum absolute atomic E-state index is 11.6. The number of benzene rings is 1. The van der Waals surface area contributed by atoms with E-state index in [9.17, 15) is 13.2 Å². The lowest BCUT2D eigenvalue weighted by atomic mass is 10.2. The zero-order chi connectivity index (χ0) is 12.3. The molecule has 1 aromatic carbocycles. The van der Waals surface area contributed by atoms with E-state index in [4.69, 9.17) is 5.73 Å². The molecule has 0 aromatic heterocycles. The standard InChI is InChI=1S/C10H14N2O3S/c1-3-16(14,15)9-5-4-7(6-8(9)11)10(13)12-2/h4-6H,3,11H2,1-2H3,(H,12,13). The van der Waals surface area contributed by atoms with E-state index in [0.29, 0.717) is 5.56 Å². The Labute approximate surface area is 94.6 Å². The lowest BCUT2D eigenvalue weighted by Crippen LogP contribution is -2.18. The first-order chi connectivity index (χ1) is 7.42. The third-order valence-electron chi connectivity index (χ3n) is 2.21.